The molecule has 9 nitrogen and oxygen atoms in total. The summed E-state index contributed by atoms with van der Waals surface area (Å²) in [5.41, 5.74) is 7.50. The summed E-state index contributed by atoms with van der Waals surface area (Å²) in [6, 6.07) is 11.9. The molecule has 2 aromatic rings. The quantitative estimate of drug-likeness (QED) is 0.608. The minimum atomic E-state index is -3.76. The lowest BCUT2D eigenvalue weighted by atomic mass is 10.1. The van der Waals surface area contributed by atoms with Crippen LogP contribution in [0.4, 0.5) is 14.9 Å². The Hall–Kier alpha value is -3.02. The molecular formula is C20H24FN5O4S. The van der Waals surface area contributed by atoms with Gasteiger partial charge in [-0.2, -0.15) is 4.31 Å². The molecule has 1 saturated heterocycles. The van der Waals surface area contributed by atoms with Crippen molar-refractivity contribution in [3.8, 4) is 0 Å². The molecule has 3 amide bonds. The highest BCUT2D eigenvalue weighted by Crippen LogP contribution is 2.20. The predicted octanol–water partition coefficient (Wildman–Crippen LogP) is 1.04. The van der Waals surface area contributed by atoms with E-state index in [9.17, 15) is 22.4 Å². The molecule has 1 aliphatic rings. The Bertz CT molecular complexity index is 1080. The maximum absolute atomic E-state index is 13.4. The van der Waals surface area contributed by atoms with Gasteiger partial charge in [-0.15, -0.1) is 0 Å². The number of urea groups is 1. The van der Waals surface area contributed by atoms with Gasteiger partial charge in [0, 0.05) is 31.9 Å². The highest BCUT2D eigenvalue weighted by atomic mass is 32.2. The van der Waals surface area contributed by atoms with Crippen LogP contribution < -0.4 is 16.4 Å². The van der Waals surface area contributed by atoms with Gasteiger partial charge in [0.2, 0.25) is 10.0 Å². The van der Waals surface area contributed by atoms with Crippen molar-refractivity contribution < 1.29 is 22.4 Å². The van der Waals surface area contributed by atoms with Crippen LogP contribution in [-0.4, -0.2) is 55.1 Å². The van der Waals surface area contributed by atoms with Crippen molar-refractivity contribution in [2.24, 2.45) is 5.73 Å². The van der Waals surface area contributed by atoms with Crippen LogP contribution in [-0.2, 0) is 27.9 Å². The van der Waals surface area contributed by atoms with E-state index in [2.05, 4.69) is 10.6 Å². The van der Waals surface area contributed by atoms with Gasteiger partial charge in [-0.05, 0) is 29.3 Å². The van der Waals surface area contributed by atoms with Gasteiger partial charge in [0.15, 0.2) is 6.17 Å². The van der Waals surface area contributed by atoms with E-state index in [4.69, 9.17) is 5.73 Å². The number of rotatable bonds is 6. The summed E-state index contributed by atoms with van der Waals surface area (Å²) in [7, 11) is -3.76. The topological polar surface area (TPSA) is 125 Å². The summed E-state index contributed by atoms with van der Waals surface area (Å²) < 4.78 is 38.8. The van der Waals surface area contributed by atoms with Gasteiger partial charge in [0.25, 0.3) is 5.91 Å². The number of hydrogen-bond acceptors (Lipinski definition) is 5. The second-order valence-electron chi connectivity index (χ2n) is 7.12. The zero-order valence-electron chi connectivity index (χ0n) is 16.9. The van der Waals surface area contributed by atoms with Crippen molar-refractivity contribution in [2.75, 3.05) is 24.7 Å². The summed E-state index contributed by atoms with van der Waals surface area (Å²) in [6.45, 7) is 0.464. The molecule has 2 aromatic carbocycles. The van der Waals surface area contributed by atoms with Crippen LogP contribution in [0.1, 0.15) is 11.1 Å². The number of carbonyl (C=O) groups excluding carboxylic acids is 2. The number of halogens is 1. The molecule has 0 radical (unpaired) electrons. The number of nitrogens with two attached hydrogens (primary N) is 1. The lowest BCUT2D eigenvalue weighted by Gasteiger charge is -2.28. The number of hydrogen-bond donors (Lipinski definition) is 3. The van der Waals surface area contributed by atoms with Crippen molar-refractivity contribution >= 4 is 27.6 Å². The third-order valence-electron chi connectivity index (χ3n) is 4.82. The molecule has 1 unspecified atom stereocenters. The van der Waals surface area contributed by atoms with E-state index < -0.39 is 33.9 Å². The number of carbonyl (C=O) groups is 2. The second-order valence-corrected chi connectivity index (χ2v) is 9.06. The van der Waals surface area contributed by atoms with E-state index in [-0.39, 0.29) is 25.3 Å². The molecule has 1 aliphatic heterocycles. The van der Waals surface area contributed by atoms with Gasteiger partial charge < -0.3 is 16.4 Å². The first-order valence-corrected chi connectivity index (χ1v) is 11.4. The zero-order valence-corrected chi connectivity index (χ0v) is 17.7. The highest BCUT2D eigenvalue weighted by molar-refractivity contribution is 7.88. The second kappa shape index (κ2) is 9.41. The van der Waals surface area contributed by atoms with Crippen LogP contribution in [0.25, 0.3) is 0 Å². The molecule has 0 aliphatic carbocycles. The van der Waals surface area contributed by atoms with E-state index in [0.29, 0.717) is 6.54 Å². The van der Waals surface area contributed by atoms with Crippen LogP contribution >= 0.6 is 0 Å². The van der Waals surface area contributed by atoms with Crippen LogP contribution in [0, 0.1) is 5.82 Å². The maximum atomic E-state index is 13.4. The van der Waals surface area contributed by atoms with Crippen molar-refractivity contribution in [2.45, 2.75) is 19.3 Å². The monoisotopic (exact) mass is 449 g/mol. The molecule has 11 heteroatoms. The Kier molecular flexibility index (Phi) is 6.88. The van der Waals surface area contributed by atoms with Gasteiger partial charge >= 0.3 is 6.03 Å². The molecule has 4 N–H and O–H groups in total. The Morgan fingerprint density at radius 1 is 1.13 bits per heavy atom. The fourth-order valence-electron chi connectivity index (χ4n) is 3.35. The average Bonchev–Trinajstić information content (AvgIpc) is 3.18. The van der Waals surface area contributed by atoms with Crippen molar-refractivity contribution in [3.63, 3.8) is 0 Å². The van der Waals surface area contributed by atoms with E-state index in [1.54, 1.807) is 12.1 Å². The normalized spacial score (nSPS) is 16.9. The van der Waals surface area contributed by atoms with Crippen LogP contribution in [0.3, 0.4) is 0 Å². The Morgan fingerprint density at radius 3 is 2.52 bits per heavy atom. The third kappa shape index (κ3) is 5.57. The Labute approximate surface area is 180 Å². The lowest BCUT2D eigenvalue weighted by Crippen LogP contribution is -2.54. The smallest absolute Gasteiger partial charge is 0.323 e. The van der Waals surface area contributed by atoms with E-state index in [1.165, 1.54) is 18.2 Å². The highest BCUT2D eigenvalue weighted by Gasteiger charge is 2.44. The van der Waals surface area contributed by atoms with Gasteiger partial charge in [0.05, 0.1) is 6.26 Å². The molecule has 0 aromatic heterocycles. The molecular weight excluding hydrogens is 425 g/mol. The summed E-state index contributed by atoms with van der Waals surface area (Å²) in [6.07, 6.45) is -0.382. The zero-order chi connectivity index (χ0) is 22.6. The van der Waals surface area contributed by atoms with Gasteiger partial charge in [-0.25, -0.2) is 17.6 Å². The Balaban J connectivity index is 1.77. The van der Waals surface area contributed by atoms with Crippen molar-refractivity contribution in [1.82, 2.24) is 14.5 Å². The van der Waals surface area contributed by atoms with Gasteiger partial charge in [-0.3, -0.25) is 9.69 Å². The SMILES string of the molecule is CS(=O)(=O)N1CCN(C(=O)Nc2cccc(F)c2)C1C(=O)NCc1cccc(CN)c1. The Morgan fingerprint density at radius 2 is 1.84 bits per heavy atom. The molecule has 0 bridgehead atoms. The summed E-state index contributed by atoms with van der Waals surface area (Å²) >= 11 is 0. The minimum Gasteiger partial charge on any atom is -0.349 e. The molecule has 1 heterocycles. The number of benzene rings is 2. The molecule has 1 atom stereocenters. The van der Waals surface area contributed by atoms with Gasteiger partial charge in [0.1, 0.15) is 5.82 Å². The first kappa shape index (κ1) is 22.7. The van der Waals surface area contributed by atoms with Gasteiger partial charge in [-0.1, -0.05) is 30.3 Å². The summed E-state index contributed by atoms with van der Waals surface area (Å²) in [5.74, 6) is -1.18. The first-order chi connectivity index (χ1) is 14.7. The number of amides is 3. The van der Waals surface area contributed by atoms with E-state index in [1.807, 2.05) is 12.1 Å². The van der Waals surface area contributed by atoms with E-state index >= 15 is 0 Å². The fraction of sp³-hybridized carbons (Fsp3) is 0.300. The standard InChI is InChI=1S/C20H24FN5O4S/c1-31(29,30)26-9-8-25(20(28)24-17-7-3-6-16(21)11-17)19(26)18(27)23-13-15-5-2-4-14(10-15)12-22/h2-7,10-11,19H,8-9,12-13,22H2,1H3,(H,23,27)(H,24,28). The predicted molar refractivity (Wildman–Crippen MR) is 114 cm³/mol. The van der Waals surface area contributed by atoms with Crippen LogP contribution in [0.5, 0.6) is 0 Å². The first-order valence-electron chi connectivity index (χ1n) is 9.54. The number of anilines is 1. The van der Waals surface area contributed by atoms with Crippen LogP contribution in [0.2, 0.25) is 0 Å². The molecule has 3 rings (SSSR count). The largest absolute Gasteiger partial charge is 0.349 e. The van der Waals surface area contributed by atoms with Crippen LogP contribution in [0.15, 0.2) is 48.5 Å². The third-order valence-corrected chi connectivity index (χ3v) is 6.05. The minimum absolute atomic E-state index is 0.00889. The summed E-state index contributed by atoms with van der Waals surface area (Å²) in [4.78, 5) is 26.8. The molecule has 166 valence electrons. The lowest BCUT2D eigenvalue weighted by molar-refractivity contribution is -0.127. The number of nitrogens with one attached hydrogen (secondary N) is 2. The molecule has 0 spiro atoms. The average molecular weight is 450 g/mol. The van der Waals surface area contributed by atoms with E-state index in [0.717, 1.165) is 32.7 Å². The summed E-state index contributed by atoms with van der Waals surface area (Å²) in [5, 5.41) is 5.19. The maximum Gasteiger partial charge on any atom is 0.323 e. The van der Waals surface area contributed by atoms with Crippen molar-refractivity contribution in [3.05, 3.63) is 65.5 Å². The fourth-order valence-corrected chi connectivity index (χ4v) is 4.33. The molecule has 31 heavy (non-hydrogen) atoms. The molecule has 0 saturated carbocycles. The number of sulfonamides is 1. The molecule has 1 fully saturated rings. The number of nitrogens with zero attached hydrogens (tertiary/aromatic N) is 2. The van der Waals surface area contributed by atoms with Crippen molar-refractivity contribution in [1.29, 1.82) is 0 Å².